The zero-order valence-electron chi connectivity index (χ0n) is 15.6. The van der Waals surface area contributed by atoms with E-state index in [0.717, 1.165) is 55.9 Å². The molecule has 2 aliphatic rings. The van der Waals surface area contributed by atoms with Gasteiger partial charge in [-0.25, -0.2) is 0 Å². The molecule has 1 saturated carbocycles. The van der Waals surface area contributed by atoms with Gasteiger partial charge in [0.2, 0.25) is 0 Å². The number of rotatable bonds is 4. The van der Waals surface area contributed by atoms with Crippen LogP contribution >= 0.6 is 0 Å². The van der Waals surface area contributed by atoms with Gasteiger partial charge >= 0.3 is 0 Å². The molecule has 1 heterocycles. The second-order valence-electron chi connectivity index (χ2n) is 7.93. The predicted molar refractivity (Wildman–Crippen MR) is 101 cm³/mol. The summed E-state index contributed by atoms with van der Waals surface area (Å²) in [5.74, 6) is 1.70. The Kier molecular flexibility index (Phi) is 5.23. The van der Waals surface area contributed by atoms with Crippen LogP contribution in [0.3, 0.4) is 0 Å². The molecule has 5 heteroatoms. The van der Waals surface area contributed by atoms with Crippen molar-refractivity contribution in [2.24, 2.45) is 4.99 Å². The number of ether oxygens (including phenoxy) is 1. The molecule has 1 aliphatic carbocycles. The first kappa shape index (κ1) is 18.1. The number of nitrogens with one attached hydrogen (secondary N) is 2. The summed E-state index contributed by atoms with van der Waals surface area (Å²) in [5, 5.41) is 17.4. The average Bonchev–Trinajstić information content (AvgIpc) is 2.99. The van der Waals surface area contributed by atoms with Crippen LogP contribution in [0.4, 0.5) is 0 Å². The van der Waals surface area contributed by atoms with E-state index >= 15 is 0 Å². The maximum atomic E-state index is 10.6. The van der Waals surface area contributed by atoms with Crippen LogP contribution in [-0.4, -0.2) is 35.4 Å². The van der Waals surface area contributed by atoms with Gasteiger partial charge in [-0.2, -0.15) is 0 Å². The zero-order valence-corrected chi connectivity index (χ0v) is 15.6. The first-order chi connectivity index (χ1) is 11.9. The summed E-state index contributed by atoms with van der Waals surface area (Å²) in [5.41, 5.74) is 0.300. The van der Waals surface area contributed by atoms with Gasteiger partial charge in [-0.3, -0.25) is 4.99 Å². The second-order valence-corrected chi connectivity index (χ2v) is 7.93. The van der Waals surface area contributed by atoms with Crippen molar-refractivity contribution >= 4 is 5.96 Å². The predicted octanol–water partition coefficient (Wildman–Crippen LogP) is 3.15. The van der Waals surface area contributed by atoms with Gasteiger partial charge in [-0.1, -0.05) is 31.0 Å². The first-order valence-electron chi connectivity index (χ1n) is 9.46. The molecule has 1 aromatic carbocycles. The van der Waals surface area contributed by atoms with E-state index in [1.165, 1.54) is 0 Å². The number of para-hydroxylation sites is 1. The van der Waals surface area contributed by atoms with Crippen LogP contribution in [0.1, 0.15) is 64.5 Å². The van der Waals surface area contributed by atoms with Crippen molar-refractivity contribution in [1.29, 1.82) is 0 Å². The topological polar surface area (TPSA) is 65.9 Å². The van der Waals surface area contributed by atoms with Crippen molar-refractivity contribution in [3.63, 3.8) is 0 Å². The molecule has 5 nitrogen and oxygen atoms in total. The fraction of sp³-hybridized carbons (Fsp3) is 0.650. The molecule has 25 heavy (non-hydrogen) atoms. The van der Waals surface area contributed by atoms with Gasteiger partial charge in [0.1, 0.15) is 11.4 Å². The maximum Gasteiger partial charge on any atom is 0.191 e. The highest BCUT2D eigenvalue weighted by atomic mass is 16.5. The minimum Gasteiger partial charge on any atom is -0.487 e. The monoisotopic (exact) mass is 345 g/mol. The molecule has 1 aliphatic heterocycles. The van der Waals surface area contributed by atoms with Gasteiger partial charge < -0.3 is 20.5 Å². The fourth-order valence-corrected chi connectivity index (χ4v) is 3.83. The van der Waals surface area contributed by atoms with Gasteiger partial charge in [0, 0.05) is 18.5 Å². The van der Waals surface area contributed by atoms with Gasteiger partial charge in [0.25, 0.3) is 0 Å². The summed E-state index contributed by atoms with van der Waals surface area (Å²) in [4.78, 5) is 4.69. The van der Waals surface area contributed by atoms with E-state index in [1.54, 1.807) is 0 Å². The molecule has 138 valence electrons. The lowest BCUT2D eigenvalue weighted by atomic mass is 9.90. The number of guanidine groups is 1. The molecule has 0 radical (unpaired) electrons. The Labute approximate surface area is 150 Å². The van der Waals surface area contributed by atoms with Gasteiger partial charge in [-0.05, 0) is 39.7 Å². The van der Waals surface area contributed by atoms with Gasteiger partial charge in [0.05, 0.1) is 18.2 Å². The lowest BCUT2D eigenvalue weighted by molar-refractivity contribution is 0.0569. The van der Waals surface area contributed by atoms with Crippen molar-refractivity contribution < 1.29 is 9.84 Å². The third kappa shape index (κ3) is 4.46. The van der Waals surface area contributed by atoms with Crippen LogP contribution < -0.4 is 15.4 Å². The average molecular weight is 345 g/mol. The Hall–Kier alpha value is -1.75. The molecule has 3 N–H and O–H groups in total. The smallest absolute Gasteiger partial charge is 0.191 e. The Morgan fingerprint density at radius 1 is 1.28 bits per heavy atom. The van der Waals surface area contributed by atoms with E-state index in [1.807, 2.05) is 18.2 Å². The van der Waals surface area contributed by atoms with E-state index < -0.39 is 5.60 Å². The van der Waals surface area contributed by atoms with Crippen molar-refractivity contribution in [1.82, 2.24) is 10.6 Å². The Morgan fingerprint density at radius 2 is 2.00 bits per heavy atom. The lowest BCUT2D eigenvalue weighted by Crippen LogP contribution is -2.46. The van der Waals surface area contributed by atoms with Crippen molar-refractivity contribution in [2.75, 3.05) is 13.1 Å². The van der Waals surface area contributed by atoms with Crippen molar-refractivity contribution in [2.45, 2.75) is 70.1 Å². The summed E-state index contributed by atoms with van der Waals surface area (Å²) in [6.07, 6.45) is 4.75. The molecule has 1 aromatic rings. The van der Waals surface area contributed by atoms with Gasteiger partial charge in [-0.15, -0.1) is 0 Å². The standard InChI is InChI=1S/C20H31N3O2/c1-4-21-18(22-14-20(24)11-7-8-12-20)23-16-13-19(2,3)25-17-10-6-5-9-15(16)17/h5-6,9-10,16,24H,4,7-8,11-14H2,1-3H3,(H2,21,22,23). The molecular formula is C20H31N3O2. The Bertz CT molecular complexity index is 621. The summed E-state index contributed by atoms with van der Waals surface area (Å²) in [7, 11) is 0. The molecule has 1 fully saturated rings. The molecule has 3 rings (SSSR count). The zero-order chi connectivity index (χ0) is 17.9. The fourth-order valence-electron chi connectivity index (χ4n) is 3.83. The minimum absolute atomic E-state index is 0.135. The van der Waals surface area contributed by atoms with Crippen molar-refractivity contribution in [3.05, 3.63) is 29.8 Å². The summed E-state index contributed by atoms with van der Waals surface area (Å²) in [6, 6.07) is 8.31. The molecule has 1 atom stereocenters. The summed E-state index contributed by atoms with van der Waals surface area (Å²) >= 11 is 0. The highest BCUT2D eigenvalue weighted by Crippen LogP contribution is 2.39. The van der Waals surface area contributed by atoms with E-state index in [4.69, 9.17) is 4.74 Å². The second kappa shape index (κ2) is 7.24. The normalized spacial score (nSPS) is 24.3. The van der Waals surface area contributed by atoms with Crippen LogP contribution in [0.5, 0.6) is 5.75 Å². The van der Waals surface area contributed by atoms with Crippen LogP contribution in [0.2, 0.25) is 0 Å². The number of aliphatic imine (C=N–C) groups is 1. The first-order valence-corrected chi connectivity index (χ1v) is 9.46. The molecule has 0 saturated heterocycles. The number of hydrogen-bond donors (Lipinski definition) is 3. The Morgan fingerprint density at radius 3 is 2.72 bits per heavy atom. The highest BCUT2D eigenvalue weighted by Gasteiger charge is 2.34. The molecule has 0 bridgehead atoms. The lowest BCUT2D eigenvalue weighted by Gasteiger charge is -2.38. The van der Waals surface area contributed by atoms with E-state index in [9.17, 15) is 5.11 Å². The van der Waals surface area contributed by atoms with Crippen LogP contribution in [-0.2, 0) is 0 Å². The third-order valence-electron chi connectivity index (χ3n) is 5.10. The van der Waals surface area contributed by atoms with Crippen LogP contribution in [0.25, 0.3) is 0 Å². The largest absolute Gasteiger partial charge is 0.487 e. The third-order valence-corrected chi connectivity index (χ3v) is 5.10. The van der Waals surface area contributed by atoms with E-state index in [0.29, 0.717) is 6.54 Å². The maximum absolute atomic E-state index is 10.6. The quantitative estimate of drug-likeness (QED) is 0.579. The Balaban J connectivity index is 1.77. The SMILES string of the molecule is CCNC(=NCC1(O)CCCC1)NC1CC(C)(C)Oc2ccccc21. The van der Waals surface area contributed by atoms with Crippen molar-refractivity contribution in [3.8, 4) is 5.75 Å². The number of hydrogen-bond acceptors (Lipinski definition) is 3. The number of nitrogens with zero attached hydrogens (tertiary/aromatic N) is 1. The minimum atomic E-state index is -0.630. The summed E-state index contributed by atoms with van der Waals surface area (Å²) in [6.45, 7) is 7.53. The van der Waals surface area contributed by atoms with E-state index in [2.05, 4.69) is 42.5 Å². The molecule has 1 unspecified atom stereocenters. The molecule has 0 amide bonds. The number of aliphatic hydroxyl groups is 1. The summed E-state index contributed by atoms with van der Waals surface area (Å²) < 4.78 is 6.11. The van der Waals surface area contributed by atoms with Crippen LogP contribution in [0.15, 0.2) is 29.3 Å². The van der Waals surface area contributed by atoms with Crippen LogP contribution in [0, 0.1) is 0 Å². The highest BCUT2D eigenvalue weighted by molar-refractivity contribution is 5.80. The van der Waals surface area contributed by atoms with E-state index in [-0.39, 0.29) is 11.6 Å². The number of fused-ring (bicyclic) bond motifs is 1. The molecule has 0 aromatic heterocycles. The number of benzene rings is 1. The molecular weight excluding hydrogens is 314 g/mol. The molecule has 0 spiro atoms. The van der Waals surface area contributed by atoms with Gasteiger partial charge in [0.15, 0.2) is 5.96 Å².